The predicted molar refractivity (Wildman–Crippen MR) is 119 cm³/mol. The van der Waals surface area contributed by atoms with Crippen LogP contribution in [-0.2, 0) is 4.79 Å². The van der Waals surface area contributed by atoms with Gasteiger partial charge in [0.15, 0.2) is 5.78 Å². The molecule has 0 spiro atoms. The first-order chi connectivity index (χ1) is 14.5. The fraction of sp³-hybridized carbons (Fsp3) is 0.200. The molecule has 3 aromatic rings. The first kappa shape index (κ1) is 21.3. The summed E-state index contributed by atoms with van der Waals surface area (Å²) < 4.78 is 5.76. The molecule has 154 valence electrons. The van der Waals surface area contributed by atoms with Gasteiger partial charge in [-0.15, -0.1) is 0 Å². The molecule has 0 radical (unpaired) electrons. The summed E-state index contributed by atoms with van der Waals surface area (Å²) in [4.78, 5) is 24.6. The number of anilines is 1. The summed E-state index contributed by atoms with van der Waals surface area (Å²) in [5.74, 6) is 0.554. The molecule has 2 N–H and O–H groups in total. The van der Waals surface area contributed by atoms with E-state index in [0.29, 0.717) is 24.4 Å². The zero-order valence-corrected chi connectivity index (χ0v) is 17.2. The Morgan fingerprint density at radius 3 is 2.37 bits per heavy atom. The maximum Gasteiger partial charge on any atom is 0.246 e. The summed E-state index contributed by atoms with van der Waals surface area (Å²) in [6.07, 6.45) is 0. The van der Waals surface area contributed by atoms with E-state index in [1.165, 1.54) is 12.5 Å². The Hall–Kier alpha value is -3.44. The van der Waals surface area contributed by atoms with Crippen molar-refractivity contribution in [3.8, 4) is 5.75 Å². The number of aryl methyl sites for hydroxylation is 1. The molecule has 1 unspecified atom stereocenters. The number of amides is 1. The molecule has 1 atom stereocenters. The molecule has 3 aromatic carbocycles. The summed E-state index contributed by atoms with van der Waals surface area (Å²) in [5.41, 5.74) is 3.18. The lowest BCUT2D eigenvalue weighted by Gasteiger charge is -2.19. The molecule has 0 aromatic heterocycles. The van der Waals surface area contributed by atoms with Crippen molar-refractivity contribution in [3.63, 3.8) is 0 Å². The Balaban J connectivity index is 1.65. The standard InChI is InChI=1S/C25H26N2O3/c1-18-11-13-23(14-12-18)30-16-15-26-24(20-7-4-3-5-8-20)25(29)27-22-10-6-9-21(17-22)19(2)28/h3-14,17,24,26H,15-16H2,1-2H3,(H,27,29). The highest BCUT2D eigenvalue weighted by Gasteiger charge is 2.20. The topological polar surface area (TPSA) is 67.4 Å². The minimum atomic E-state index is -0.547. The van der Waals surface area contributed by atoms with Crippen molar-refractivity contribution in [2.75, 3.05) is 18.5 Å². The van der Waals surface area contributed by atoms with Crippen LogP contribution in [0.25, 0.3) is 0 Å². The SMILES string of the molecule is CC(=O)c1cccc(NC(=O)C(NCCOc2ccc(C)cc2)c2ccccc2)c1. The van der Waals surface area contributed by atoms with Crippen molar-refractivity contribution >= 4 is 17.4 Å². The van der Waals surface area contributed by atoms with E-state index < -0.39 is 6.04 Å². The predicted octanol–water partition coefficient (Wildman–Crippen LogP) is 4.55. The minimum Gasteiger partial charge on any atom is -0.492 e. The van der Waals surface area contributed by atoms with Crippen molar-refractivity contribution in [1.82, 2.24) is 5.32 Å². The largest absolute Gasteiger partial charge is 0.492 e. The van der Waals surface area contributed by atoms with E-state index in [-0.39, 0.29) is 11.7 Å². The highest BCUT2D eigenvalue weighted by Crippen LogP contribution is 2.18. The molecular weight excluding hydrogens is 376 g/mol. The van der Waals surface area contributed by atoms with Gasteiger partial charge in [-0.05, 0) is 43.7 Å². The zero-order valence-electron chi connectivity index (χ0n) is 17.2. The van der Waals surface area contributed by atoms with E-state index in [1.807, 2.05) is 61.5 Å². The van der Waals surface area contributed by atoms with E-state index in [1.54, 1.807) is 24.3 Å². The van der Waals surface area contributed by atoms with E-state index in [2.05, 4.69) is 10.6 Å². The molecule has 0 saturated carbocycles. The van der Waals surface area contributed by atoms with Gasteiger partial charge in [0.2, 0.25) is 5.91 Å². The third-order valence-electron chi connectivity index (χ3n) is 4.67. The van der Waals surface area contributed by atoms with Gasteiger partial charge in [-0.25, -0.2) is 0 Å². The fourth-order valence-corrected chi connectivity index (χ4v) is 3.04. The summed E-state index contributed by atoms with van der Waals surface area (Å²) in [5, 5.41) is 6.18. The molecule has 0 aliphatic heterocycles. The van der Waals surface area contributed by atoms with Gasteiger partial charge in [-0.1, -0.05) is 60.2 Å². The van der Waals surface area contributed by atoms with Crippen LogP contribution in [-0.4, -0.2) is 24.8 Å². The maximum atomic E-state index is 13.0. The van der Waals surface area contributed by atoms with Crippen LogP contribution in [0, 0.1) is 6.92 Å². The van der Waals surface area contributed by atoms with Gasteiger partial charge in [-0.3, -0.25) is 14.9 Å². The molecule has 30 heavy (non-hydrogen) atoms. The molecule has 3 rings (SSSR count). The number of benzene rings is 3. The Bertz CT molecular complexity index is 985. The van der Waals surface area contributed by atoms with Crippen LogP contribution in [0.1, 0.15) is 34.5 Å². The van der Waals surface area contributed by atoms with Crippen LogP contribution in [0.5, 0.6) is 5.75 Å². The Morgan fingerprint density at radius 2 is 1.67 bits per heavy atom. The van der Waals surface area contributed by atoms with Crippen molar-refractivity contribution in [2.45, 2.75) is 19.9 Å². The summed E-state index contributed by atoms with van der Waals surface area (Å²) >= 11 is 0. The molecule has 1 amide bonds. The van der Waals surface area contributed by atoms with Gasteiger partial charge in [0.1, 0.15) is 18.4 Å². The lowest BCUT2D eigenvalue weighted by molar-refractivity contribution is -0.118. The first-order valence-electron chi connectivity index (χ1n) is 9.92. The summed E-state index contributed by atoms with van der Waals surface area (Å²) in [7, 11) is 0. The smallest absolute Gasteiger partial charge is 0.246 e. The lowest BCUT2D eigenvalue weighted by atomic mass is 10.1. The molecule has 0 saturated heterocycles. The number of hydrogen-bond acceptors (Lipinski definition) is 4. The normalized spacial score (nSPS) is 11.5. The average Bonchev–Trinajstić information content (AvgIpc) is 2.75. The Labute approximate surface area is 177 Å². The van der Waals surface area contributed by atoms with Crippen LogP contribution in [0.2, 0.25) is 0 Å². The Kier molecular flexibility index (Phi) is 7.35. The van der Waals surface area contributed by atoms with Gasteiger partial charge in [-0.2, -0.15) is 0 Å². The van der Waals surface area contributed by atoms with Gasteiger partial charge >= 0.3 is 0 Å². The number of carbonyl (C=O) groups is 2. The minimum absolute atomic E-state index is 0.0444. The summed E-state index contributed by atoms with van der Waals surface area (Å²) in [6, 6.07) is 23.8. The van der Waals surface area contributed by atoms with Gasteiger partial charge in [0, 0.05) is 17.8 Å². The fourth-order valence-electron chi connectivity index (χ4n) is 3.04. The van der Waals surface area contributed by atoms with Gasteiger partial charge in [0.25, 0.3) is 0 Å². The molecule has 0 fully saturated rings. The number of ketones is 1. The maximum absolute atomic E-state index is 13.0. The van der Waals surface area contributed by atoms with Gasteiger partial charge in [0.05, 0.1) is 0 Å². The van der Waals surface area contributed by atoms with Crippen LogP contribution in [0.3, 0.4) is 0 Å². The van der Waals surface area contributed by atoms with Gasteiger partial charge < -0.3 is 10.1 Å². The molecule has 0 aliphatic carbocycles. The number of carbonyl (C=O) groups excluding carboxylic acids is 2. The van der Waals surface area contributed by atoms with E-state index in [4.69, 9.17) is 4.74 Å². The number of rotatable bonds is 9. The number of Topliss-reactive ketones (excluding diaryl/α,β-unsaturated/α-hetero) is 1. The van der Waals surface area contributed by atoms with Crippen molar-refractivity contribution in [3.05, 3.63) is 95.6 Å². The van der Waals surface area contributed by atoms with Crippen molar-refractivity contribution in [2.24, 2.45) is 0 Å². The monoisotopic (exact) mass is 402 g/mol. The third kappa shape index (κ3) is 6.03. The second-order valence-electron chi connectivity index (χ2n) is 7.09. The molecular formula is C25H26N2O3. The van der Waals surface area contributed by atoms with Crippen LogP contribution in [0.4, 0.5) is 5.69 Å². The third-order valence-corrected chi connectivity index (χ3v) is 4.67. The second kappa shape index (κ2) is 10.4. The molecule has 0 heterocycles. The molecule has 0 bridgehead atoms. The zero-order chi connectivity index (χ0) is 21.3. The molecule has 5 nitrogen and oxygen atoms in total. The molecule has 0 aliphatic rings. The second-order valence-corrected chi connectivity index (χ2v) is 7.09. The average molecular weight is 402 g/mol. The van der Waals surface area contributed by atoms with Crippen LogP contribution >= 0.6 is 0 Å². The highest BCUT2D eigenvalue weighted by atomic mass is 16.5. The van der Waals surface area contributed by atoms with Crippen LogP contribution < -0.4 is 15.4 Å². The van der Waals surface area contributed by atoms with Crippen molar-refractivity contribution in [1.29, 1.82) is 0 Å². The number of hydrogen-bond donors (Lipinski definition) is 2. The van der Waals surface area contributed by atoms with Crippen molar-refractivity contribution < 1.29 is 14.3 Å². The number of ether oxygens (including phenoxy) is 1. The lowest BCUT2D eigenvalue weighted by Crippen LogP contribution is -2.35. The quantitative estimate of drug-likeness (QED) is 0.407. The summed E-state index contributed by atoms with van der Waals surface area (Å²) in [6.45, 7) is 4.46. The van der Waals surface area contributed by atoms with E-state index in [0.717, 1.165) is 11.3 Å². The highest BCUT2D eigenvalue weighted by molar-refractivity contribution is 5.98. The van der Waals surface area contributed by atoms with E-state index in [9.17, 15) is 9.59 Å². The first-order valence-corrected chi connectivity index (χ1v) is 9.92. The number of nitrogens with one attached hydrogen (secondary N) is 2. The van der Waals surface area contributed by atoms with E-state index >= 15 is 0 Å². The van der Waals surface area contributed by atoms with Crippen LogP contribution in [0.15, 0.2) is 78.9 Å². The Morgan fingerprint density at radius 1 is 0.933 bits per heavy atom. The molecule has 5 heteroatoms.